The summed E-state index contributed by atoms with van der Waals surface area (Å²) in [7, 11) is 0. The fraction of sp³-hybridized carbons (Fsp3) is 0.154. The normalized spacial score (nSPS) is 11.3. The summed E-state index contributed by atoms with van der Waals surface area (Å²) >= 11 is 0. The number of nitrogens with zero attached hydrogens (tertiary/aromatic N) is 3. The second kappa shape index (κ2) is 6.48. The van der Waals surface area contributed by atoms with Crippen molar-refractivity contribution in [2.75, 3.05) is 6.61 Å². The van der Waals surface area contributed by atoms with Gasteiger partial charge >= 0.3 is 0 Å². The molecule has 7 heteroatoms. The molecule has 1 aromatic heterocycles. The molecule has 0 unspecified atom stereocenters. The van der Waals surface area contributed by atoms with Gasteiger partial charge in [0.25, 0.3) is 0 Å². The van der Waals surface area contributed by atoms with Gasteiger partial charge < -0.3 is 20.8 Å². The van der Waals surface area contributed by atoms with Gasteiger partial charge in [-0.15, -0.1) is 0 Å². The molecule has 104 valence electrons. The van der Waals surface area contributed by atoms with Crippen molar-refractivity contribution < 1.29 is 15.1 Å². The highest BCUT2D eigenvalue weighted by atomic mass is 16.5. The number of hydrogen-bond acceptors (Lipinski definition) is 6. The van der Waals surface area contributed by atoms with Crippen LogP contribution in [0.5, 0.6) is 11.6 Å². The lowest BCUT2D eigenvalue weighted by atomic mass is 10.1. The van der Waals surface area contributed by atoms with Crippen LogP contribution in [0.4, 0.5) is 0 Å². The monoisotopic (exact) mass is 274 g/mol. The van der Waals surface area contributed by atoms with Crippen LogP contribution in [0.2, 0.25) is 0 Å². The van der Waals surface area contributed by atoms with Crippen LogP contribution >= 0.6 is 0 Å². The van der Waals surface area contributed by atoms with E-state index >= 15 is 0 Å². The Labute approximate surface area is 115 Å². The van der Waals surface area contributed by atoms with Crippen LogP contribution in [0, 0.1) is 0 Å². The Hall–Kier alpha value is -2.67. The largest absolute Gasteiger partial charge is 0.437 e. The number of aliphatic hydroxyl groups is 1. The molecule has 0 aliphatic heterocycles. The molecule has 1 aromatic carbocycles. The minimum Gasteiger partial charge on any atom is -0.437 e. The Kier molecular flexibility index (Phi) is 4.46. The highest BCUT2D eigenvalue weighted by Gasteiger charge is 2.12. The summed E-state index contributed by atoms with van der Waals surface area (Å²) in [4.78, 5) is 7.96. The summed E-state index contributed by atoms with van der Waals surface area (Å²) in [6.45, 7) is 0.0952. The summed E-state index contributed by atoms with van der Waals surface area (Å²) in [5.74, 6) is 0.516. The Morgan fingerprint density at radius 2 is 1.90 bits per heavy atom. The lowest BCUT2D eigenvalue weighted by Crippen LogP contribution is -2.16. The van der Waals surface area contributed by atoms with Crippen molar-refractivity contribution >= 4 is 5.84 Å². The van der Waals surface area contributed by atoms with E-state index in [0.717, 1.165) is 5.56 Å². The molecule has 2 aromatic rings. The second-order valence-electron chi connectivity index (χ2n) is 3.91. The first kappa shape index (κ1) is 13.8. The molecule has 0 aliphatic carbocycles. The number of rotatable bonds is 5. The van der Waals surface area contributed by atoms with Gasteiger partial charge in [-0.1, -0.05) is 17.3 Å². The van der Waals surface area contributed by atoms with Crippen molar-refractivity contribution in [3.63, 3.8) is 0 Å². The fourth-order valence-electron chi connectivity index (χ4n) is 1.59. The molecule has 7 nitrogen and oxygen atoms in total. The number of oxime groups is 1. The Morgan fingerprint density at radius 3 is 2.55 bits per heavy atom. The highest BCUT2D eigenvalue weighted by molar-refractivity contribution is 5.97. The molecule has 1 heterocycles. The molecule has 0 amide bonds. The molecule has 0 spiro atoms. The molecule has 2 rings (SSSR count). The predicted molar refractivity (Wildman–Crippen MR) is 71.8 cm³/mol. The lowest BCUT2D eigenvalue weighted by Gasteiger charge is -2.08. The molecule has 0 radical (unpaired) electrons. The van der Waals surface area contributed by atoms with Crippen molar-refractivity contribution in [1.82, 2.24) is 9.97 Å². The highest BCUT2D eigenvalue weighted by Crippen LogP contribution is 2.21. The zero-order chi connectivity index (χ0) is 14.4. The van der Waals surface area contributed by atoms with Crippen LogP contribution in [0.1, 0.15) is 11.3 Å². The van der Waals surface area contributed by atoms with Crippen molar-refractivity contribution in [2.24, 2.45) is 10.9 Å². The molecule has 0 saturated carbocycles. The maximum Gasteiger partial charge on any atom is 0.249 e. The summed E-state index contributed by atoms with van der Waals surface area (Å²) < 4.78 is 5.56. The SMILES string of the molecule is N/C(=N/O)c1nccnc1Oc1ccc(CCO)cc1. The van der Waals surface area contributed by atoms with E-state index in [-0.39, 0.29) is 24.0 Å². The zero-order valence-corrected chi connectivity index (χ0v) is 10.6. The quantitative estimate of drug-likeness (QED) is 0.323. The van der Waals surface area contributed by atoms with Crippen LogP contribution in [-0.2, 0) is 6.42 Å². The smallest absolute Gasteiger partial charge is 0.249 e. The minimum atomic E-state index is -0.176. The lowest BCUT2D eigenvalue weighted by molar-refractivity contribution is 0.299. The van der Waals surface area contributed by atoms with E-state index in [1.54, 1.807) is 12.1 Å². The van der Waals surface area contributed by atoms with Crippen LogP contribution in [0.3, 0.4) is 0 Å². The number of aromatic nitrogens is 2. The van der Waals surface area contributed by atoms with Gasteiger partial charge in [0, 0.05) is 19.0 Å². The molecule has 4 N–H and O–H groups in total. The standard InChI is InChI=1S/C13H14N4O3/c14-12(17-19)11-13(16-7-6-15-11)20-10-3-1-9(2-4-10)5-8-18/h1-4,6-7,18-19H,5,8H2,(H2,14,17). The number of amidine groups is 1. The van der Waals surface area contributed by atoms with Gasteiger partial charge in [0.1, 0.15) is 5.75 Å². The molecule has 0 aliphatic rings. The second-order valence-corrected chi connectivity index (χ2v) is 3.91. The van der Waals surface area contributed by atoms with Gasteiger partial charge in [-0.3, -0.25) is 0 Å². The molecule has 0 bridgehead atoms. The van der Waals surface area contributed by atoms with Gasteiger partial charge in [-0.2, -0.15) is 0 Å². The number of nitrogens with two attached hydrogens (primary N) is 1. The predicted octanol–water partition coefficient (Wildman–Crippen LogP) is 0.898. The minimum absolute atomic E-state index is 0.0952. The van der Waals surface area contributed by atoms with E-state index in [4.69, 9.17) is 20.8 Å². The van der Waals surface area contributed by atoms with E-state index in [9.17, 15) is 0 Å². The van der Waals surface area contributed by atoms with E-state index in [1.165, 1.54) is 12.4 Å². The molecular weight excluding hydrogens is 260 g/mol. The van der Waals surface area contributed by atoms with Crippen LogP contribution < -0.4 is 10.5 Å². The first-order chi connectivity index (χ1) is 9.74. The average molecular weight is 274 g/mol. The van der Waals surface area contributed by atoms with Crippen molar-refractivity contribution in [3.05, 3.63) is 47.9 Å². The number of benzene rings is 1. The van der Waals surface area contributed by atoms with E-state index in [1.807, 2.05) is 12.1 Å². The summed E-state index contributed by atoms with van der Waals surface area (Å²) in [6.07, 6.45) is 3.45. The van der Waals surface area contributed by atoms with Gasteiger partial charge in [-0.25, -0.2) is 9.97 Å². The Morgan fingerprint density at radius 1 is 1.20 bits per heavy atom. The first-order valence-electron chi connectivity index (χ1n) is 5.91. The summed E-state index contributed by atoms with van der Waals surface area (Å²) in [5.41, 5.74) is 6.66. The maximum absolute atomic E-state index is 8.85. The third-order valence-electron chi connectivity index (χ3n) is 2.55. The molecule has 0 saturated heterocycles. The third-order valence-corrected chi connectivity index (χ3v) is 2.55. The van der Waals surface area contributed by atoms with Crippen molar-refractivity contribution in [2.45, 2.75) is 6.42 Å². The van der Waals surface area contributed by atoms with Crippen LogP contribution in [-0.4, -0.2) is 32.7 Å². The van der Waals surface area contributed by atoms with Crippen LogP contribution in [0.25, 0.3) is 0 Å². The molecular formula is C13H14N4O3. The average Bonchev–Trinajstić information content (AvgIpc) is 2.49. The zero-order valence-electron chi connectivity index (χ0n) is 10.6. The summed E-state index contributed by atoms with van der Waals surface area (Å²) in [5, 5.41) is 20.4. The van der Waals surface area contributed by atoms with E-state index in [2.05, 4.69) is 15.1 Å². The van der Waals surface area contributed by atoms with E-state index in [0.29, 0.717) is 12.2 Å². The number of hydrogen-bond donors (Lipinski definition) is 3. The van der Waals surface area contributed by atoms with E-state index < -0.39 is 0 Å². The van der Waals surface area contributed by atoms with Crippen LogP contribution in [0.15, 0.2) is 41.8 Å². The molecule has 20 heavy (non-hydrogen) atoms. The maximum atomic E-state index is 8.85. The van der Waals surface area contributed by atoms with Gasteiger partial charge in [0.05, 0.1) is 0 Å². The van der Waals surface area contributed by atoms with Crippen molar-refractivity contribution in [1.29, 1.82) is 0 Å². The summed E-state index contributed by atoms with van der Waals surface area (Å²) in [6, 6.07) is 7.17. The molecule has 0 atom stereocenters. The number of ether oxygens (including phenoxy) is 1. The topological polar surface area (TPSA) is 114 Å². The third kappa shape index (κ3) is 3.21. The van der Waals surface area contributed by atoms with Gasteiger partial charge in [0.15, 0.2) is 11.5 Å². The van der Waals surface area contributed by atoms with Crippen molar-refractivity contribution in [3.8, 4) is 11.6 Å². The Bertz CT molecular complexity index is 599. The number of aliphatic hydroxyl groups excluding tert-OH is 1. The molecule has 0 fully saturated rings. The van der Waals surface area contributed by atoms with Gasteiger partial charge in [0.2, 0.25) is 5.88 Å². The van der Waals surface area contributed by atoms with Gasteiger partial charge in [-0.05, 0) is 24.1 Å². The Balaban J connectivity index is 2.21. The fourth-order valence-corrected chi connectivity index (χ4v) is 1.59. The first-order valence-corrected chi connectivity index (χ1v) is 5.91.